The van der Waals surface area contributed by atoms with Crippen molar-refractivity contribution in [2.75, 3.05) is 11.5 Å². The topological polar surface area (TPSA) is 158 Å². The third kappa shape index (κ3) is 4.95. The molecule has 0 bridgehead atoms. The minimum absolute atomic E-state index is 0.0773. The zero-order chi connectivity index (χ0) is 17.5. The van der Waals surface area contributed by atoms with Gasteiger partial charge < -0.3 is 21.5 Å². The van der Waals surface area contributed by atoms with Crippen LogP contribution in [0.3, 0.4) is 0 Å². The number of amides is 2. The third-order valence-corrected chi connectivity index (χ3v) is 3.64. The minimum Gasteiger partial charge on any atom is -0.445 e. The van der Waals surface area contributed by atoms with Crippen molar-refractivity contribution in [2.45, 2.75) is 38.2 Å². The molecule has 1 fully saturated rings. The highest BCUT2D eigenvalue weighted by molar-refractivity contribution is 6.31. The number of nitrogen functional groups attached to an aromatic ring is 2. The number of nitrogens with two attached hydrogens (primary N) is 2. The summed E-state index contributed by atoms with van der Waals surface area (Å²) in [7, 11) is 0. The number of rotatable bonds is 4. The first-order valence-corrected chi connectivity index (χ1v) is 7.72. The lowest BCUT2D eigenvalue weighted by molar-refractivity contribution is 0.0755. The fourth-order valence-electron chi connectivity index (χ4n) is 2.21. The summed E-state index contributed by atoms with van der Waals surface area (Å²) in [5.41, 5.74) is 12.9. The number of aromatic nitrogens is 2. The van der Waals surface area contributed by atoms with Crippen LogP contribution < -0.4 is 22.2 Å². The molecule has 1 aliphatic rings. The van der Waals surface area contributed by atoms with Gasteiger partial charge in [-0.3, -0.25) is 4.79 Å². The molecule has 11 heteroatoms. The van der Waals surface area contributed by atoms with Crippen LogP contribution in [0.5, 0.6) is 0 Å². The number of hydrogen-bond donors (Lipinski definition) is 4. The standard InChI is InChI=1S/C13H18ClN7O3/c14-9-11(16)20-10(15)8(19-9)12(22)17-6-18-21-13(23)24-7-4-2-1-3-5-7/h6-7H,1-5H2,(H,21,23)(H4,15,16,20)(H,17,18,22). The third-order valence-electron chi connectivity index (χ3n) is 3.36. The predicted molar refractivity (Wildman–Crippen MR) is 88.3 cm³/mol. The van der Waals surface area contributed by atoms with E-state index in [4.69, 9.17) is 27.8 Å². The van der Waals surface area contributed by atoms with E-state index in [9.17, 15) is 9.59 Å². The number of carbonyl (C=O) groups is 2. The van der Waals surface area contributed by atoms with E-state index >= 15 is 0 Å². The highest BCUT2D eigenvalue weighted by Crippen LogP contribution is 2.20. The Labute approximate surface area is 143 Å². The van der Waals surface area contributed by atoms with E-state index in [1.807, 2.05) is 0 Å². The second-order valence-corrected chi connectivity index (χ2v) is 5.50. The molecule has 0 radical (unpaired) electrons. The van der Waals surface area contributed by atoms with E-state index < -0.39 is 12.0 Å². The lowest BCUT2D eigenvalue weighted by Crippen LogP contribution is -2.29. The van der Waals surface area contributed by atoms with E-state index in [0.717, 1.165) is 38.4 Å². The second-order valence-electron chi connectivity index (χ2n) is 5.14. The van der Waals surface area contributed by atoms with Gasteiger partial charge in [-0.15, -0.1) is 0 Å². The fourth-order valence-corrected chi connectivity index (χ4v) is 2.34. The van der Waals surface area contributed by atoms with E-state index in [2.05, 4.69) is 25.8 Å². The maximum atomic E-state index is 11.9. The van der Waals surface area contributed by atoms with Gasteiger partial charge >= 0.3 is 6.09 Å². The molecule has 24 heavy (non-hydrogen) atoms. The summed E-state index contributed by atoms with van der Waals surface area (Å²) in [6.45, 7) is 0. The molecule has 2 amide bonds. The first kappa shape index (κ1) is 17.7. The summed E-state index contributed by atoms with van der Waals surface area (Å²) in [4.78, 5) is 30.8. The van der Waals surface area contributed by atoms with Crippen LogP contribution in [-0.2, 0) is 4.74 Å². The summed E-state index contributed by atoms with van der Waals surface area (Å²) in [6, 6.07) is 0. The van der Waals surface area contributed by atoms with Gasteiger partial charge in [-0.25, -0.2) is 20.2 Å². The van der Waals surface area contributed by atoms with Crippen molar-refractivity contribution in [1.82, 2.24) is 20.7 Å². The summed E-state index contributed by atoms with van der Waals surface area (Å²) in [5.74, 6) is -0.952. The summed E-state index contributed by atoms with van der Waals surface area (Å²) < 4.78 is 5.18. The Hall–Kier alpha value is -2.62. The van der Waals surface area contributed by atoms with Crippen molar-refractivity contribution >= 4 is 41.6 Å². The second kappa shape index (κ2) is 8.29. The van der Waals surface area contributed by atoms with E-state index in [-0.39, 0.29) is 28.6 Å². The van der Waals surface area contributed by atoms with E-state index in [0.29, 0.717) is 0 Å². The first-order chi connectivity index (χ1) is 11.5. The smallest absolute Gasteiger partial charge is 0.428 e. The van der Waals surface area contributed by atoms with Crippen molar-refractivity contribution in [2.24, 2.45) is 5.10 Å². The number of hydrogen-bond acceptors (Lipinski definition) is 8. The molecule has 10 nitrogen and oxygen atoms in total. The number of anilines is 2. The van der Waals surface area contributed by atoms with Crippen molar-refractivity contribution in [3.8, 4) is 0 Å². The molecule has 1 heterocycles. The molecule has 1 aromatic rings. The van der Waals surface area contributed by atoms with Gasteiger partial charge in [0.2, 0.25) is 0 Å². The number of carbonyl (C=O) groups excluding carboxylic acids is 2. The minimum atomic E-state index is -0.701. The zero-order valence-electron chi connectivity index (χ0n) is 12.8. The number of ether oxygens (including phenoxy) is 1. The van der Waals surface area contributed by atoms with Crippen molar-refractivity contribution in [1.29, 1.82) is 0 Å². The number of nitrogens with zero attached hydrogens (tertiary/aromatic N) is 3. The quantitative estimate of drug-likeness (QED) is 0.356. The van der Waals surface area contributed by atoms with Gasteiger partial charge in [0.1, 0.15) is 12.4 Å². The van der Waals surface area contributed by atoms with Gasteiger partial charge in [0.15, 0.2) is 22.5 Å². The zero-order valence-corrected chi connectivity index (χ0v) is 13.5. The summed E-state index contributed by atoms with van der Waals surface area (Å²) in [5, 5.41) is 5.67. The Kier molecular flexibility index (Phi) is 6.13. The van der Waals surface area contributed by atoms with Gasteiger partial charge in [0, 0.05) is 0 Å². The van der Waals surface area contributed by atoms with Crippen LogP contribution in [0.25, 0.3) is 0 Å². The lowest BCUT2D eigenvalue weighted by Gasteiger charge is -2.21. The SMILES string of the molecule is Nc1nc(N)c(C(=O)NC=NNC(=O)OC2CCCCC2)nc1Cl. The van der Waals surface area contributed by atoms with Gasteiger partial charge in [-0.05, 0) is 25.7 Å². The maximum Gasteiger partial charge on any atom is 0.428 e. The molecule has 0 unspecified atom stereocenters. The van der Waals surface area contributed by atoms with Crippen molar-refractivity contribution in [3.63, 3.8) is 0 Å². The Balaban J connectivity index is 1.80. The van der Waals surface area contributed by atoms with Crippen LogP contribution in [0.2, 0.25) is 5.15 Å². The van der Waals surface area contributed by atoms with Crippen molar-refractivity contribution in [3.05, 3.63) is 10.8 Å². The number of halogens is 1. The van der Waals surface area contributed by atoms with Crippen LogP contribution >= 0.6 is 11.6 Å². The molecular formula is C13H18ClN7O3. The number of nitrogens with one attached hydrogen (secondary N) is 2. The summed E-state index contributed by atoms with van der Waals surface area (Å²) in [6.07, 6.45) is 5.15. The molecular weight excluding hydrogens is 338 g/mol. The first-order valence-electron chi connectivity index (χ1n) is 7.35. The normalized spacial score (nSPS) is 15.2. The highest BCUT2D eigenvalue weighted by atomic mass is 35.5. The van der Waals surface area contributed by atoms with E-state index in [1.54, 1.807) is 0 Å². The predicted octanol–water partition coefficient (Wildman–Crippen LogP) is 1.03. The largest absolute Gasteiger partial charge is 0.445 e. The van der Waals surface area contributed by atoms with Crippen molar-refractivity contribution < 1.29 is 14.3 Å². The molecule has 0 spiro atoms. The molecule has 1 aromatic heterocycles. The summed E-state index contributed by atoms with van der Waals surface area (Å²) >= 11 is 5.68. The Morgan fingerprint density at radius 1 is 1.21 bits per heavy atom. The lowest BCUT2D eigenvalue weighted by atomic mass is 9.98. The van der Waals surface area contributed by atoms with Gasteiger partial charge in [0.25, 0.3) is 5.91 Å². The Morgan fingerprint density at radius 2 is 1.92 bits per heavy atom. The molecule has 1 saturated carbocycles. The van der Waals surface area contributed by atoms with Crippen LogP contribution in [0, 0.1) is 0 Å². The molecule has 0 atom stereocenters. The maximum absolute atomic E-state index is 11.9. The highest BCUT2D eigenvalue weighted by Gasteiger charge is 2.17. The molecule has 1 aliphatic carbocycles. The molecule has 6 N–H and O–H groups in total. The van der Waals surface area contributed by atoms with Crippen LogP contribution in [0.1, 0.15) is 42.6 Å². The fraction of sp³-hybridized carbons (Fsp3) is 0.462. The average molecular weight is 356 g/mol. The van der Waals surface area contributed by atoms with Gasteiger partial charge in [-0.1, -0.05) is 18.0 Å². The van der Waals surface area contributed by atoms with Gasteiger partial charge in [-0.2, -0.15) is 5.10 Å². The Bertz CT molecular complexity index is 647. The van der Waals surface area contributed by atoms with Gasteiger partial charge in [0.05, 0.1) is 0 Å². The molecule has 130 valence electrons. The monoisotopic (exact) mass is 355 g/mol. The van der Waals surface area contributed by atoms with Crippen LogP contribution in [0.15, 0.2) is 5.10 Å². The van der Waals surface area contributed by atoms with Crippen LogP contribution in [-0.4, -0.2) is 34.4 Å². The van der Waals surface area contributed by atoms with E-state index in [1.165, 1.54) is 0 Å². The molecule has 0 aliphatic heterocycles. The van der Waals surface area contributed by atoms with Crippen LogP contribution in [0.4, 0.5) is 16.4 Å². The molecule has 2 rings (SSSR count). The average Bonchev–Trinajstić information content (AvgIpc) is 2.55. The number of hydrazone groups is 1. The molecule has 0 saturated heterocycles. The molecule has 0 aromatic carbocycles. The Morgan fingerprint density at radius 3 is 2.62 bits per heavy atom.